The fourth-order valence-corrected chi connectivity index (χ4v) is 4.15. The maximum absolute atomic E-state index is 12.9. The third kappa shape index (κ3) is 3.92. The van der Waals surface area contributed by atoms with Crippen molar-refractivity contribution < 1.29 is 14.3 Å². The van der Waals surface area contributed by atoms with Crippen molar-refractivity contribution in [3.63, 3.8) is 0 Å². The molecule has 2 heterocycles. The number of rotatable bonds is 5. The Hall–Kier alpha value is -3.22. The number of hydrogen-bond acceptors (Lipinski definition) is 4. The number of benzene rings is 3. The number of nitrogens with zero attached hydrogens (tertiary/aromatic N) is 2. The number of carbonyl (C=O) groups is 1. The molecule has 0 bridgehead atoms. The van der Waals surface area contributed by atoms with Crippen LogP contribution in [0, 0.1) is 0 Å². The molecule has 0 spiro atoms. The molecule has 0 saturated heterocycles. The van der Waals surface area contributed by atoms with Crippen LogP contribution in [0.25, 0.3) is 11.0 Å². The predicted octanol–water partition coefficient (Wildman–Crippen LogP) is 5.30. The lowest BCUT2D eigenvalue weighted by molar-refractivity contribution is -0.116. The molecule has 0 fully saturated rings. The fraction of sp³-hybridized carbons (Fsp3) is 0.130. The lowest BCUT2D eigenvalue weighted by atomic mass is 10.1. The Morgan fingerprint density at radius 1 is 1.00 bits per heavy atom. The fourth-order valence-electron chi connectivity index (χ4n) is 3.61. The lowest BCUT2D eigenvalue weighted by Gasteiger charge is -2.12. The van der Waals surface area contributed by atoms with E-state index in [4.69, 9.17) is 37.7 Å². The maximum atomic E-state index is 12.9. The van der Waals surface area contributed by atoms with Crippen molar-refractivity contribution in [3.05, 3.63) is 82.1 Å². The van der Waals surface area contributed by atoms with E-state index in [9.17, 15) is 4.79 Å². The number of aromatic nitrogens is 2. The molecule has 0 radical (unpaired) electrons. The largest absolute Gasteiger partial charge is 0.454 e. The first-order valence-electron chi connectivity index (χ1n) is 9.65. The summed E-state index contributed by atoms with van der Waals surface area (Å²) in [6.07, 6.45) is 0.407. The predicted molar refractivity (Wildman–Crippen MR) is 120 cm³/mol. The van der Waals surface area contributed by atoms with Gasteiger partial charge in [-0.2, -0.15) is 0 Å². The van der Waals surface area contributed by atoms with Crippen LogP contribution >= 0.6 is 23.2 Å². The maximum Gasteiger partial charge on any atom is 0.244 e. The van der Waals surface area contributed by atoms with Crippen molar-refractivity contribution in [2.45, 2.75) is 13.0 Å². The summed E-state index contributed by atoms with van der Waals surface area (Å²) in [5, 5.41) is 4.04. The van der Waals surface area contributed by atoms with E-state index in [1.54, 1.807) is 36.4 Å². The van der Waals surface area contributed by atoms with Gasteiger partial charge in [0.2, 0.25) is 12.7 Å². The van der Waals surface area contributed by atoms with Crippen LogP contribution in [0.3, 0.4) is 0 Å². The van der Waals surface area contributed by atoms with E-state index >= 15 is 0 Å². The molecule has 1 aromatic heterocycles. The van der Waals surface area contributed by atoms with Crippen LogP contribution < -0.4 is 14.8 Å². The van der Waals surface area contributed by atoms with Gasteiger partial charge in [0.05, 0.1) is 11.0 Å². The molecule has 156 valence electrons. The van der Waals surface area contributed by atoms with E-state index in [0.29, 0.717) is 39.5 Å². The van der Waals surface area contributed by atoms with Gasteiger partial charge in [-0.15, -0.1) is 0 Å². The van der Waals surface area contributed by atoms with E-state index in [0.717, 1.165) is 16.6 Å². The topological polar surface area (TPSA) is 65.4 Å². The first-order chi connectivity index (χ1) is 15.1. The minimum Gasteiger partial charge on any atom is -0.454 e. The van der Waals surface area contributed by atoms with Crippen LogP contribution in [-0.2, 0) is 17.8 Å². The summed E-state index contributed by atoms with van der Waals surface area (Å²) >= 11 is 12.7. The zero-order chi connectivity index (χ0) is 21.4. The summed E-state index contributed by atoms with van der Waals surface area (Å²) in [4.78, 5) is 17.6. The van der Waals surface area contributed by atoms with E-state index in [1.807, 2.05) is 28.8 Å². The van der Waals surface area contributed by atoms with Gasteiger partial charge in [0.15, 0.2) is 11.5 Å². The number of nitrogens with one attached hydrogen (secondary N) is 1. The molecule has 6 nitrogen and oxygen atoms in total. The number of ether oxygens (including phenoxy) is 2. The number of amides is 1. The third-order valence-corrected chi connectivity index (χ3v) is 5.80. The standard InChI is InChI=1S/C23H17Cl2N3O3/c24-16-4-3-5-17(25)15(16)11-22-27-18-6-1-2-7-19(18)28(22)12-23(29)26-14-8-9-20-21(10-14)31-13-30-20/h1-10H,11-13H2,(H,26,29). The number of anilines is 1. The van der Waals surface area contributed by atoms with Crippen molar-refractivity contribution >= 4 is 45.8 Å². The zero-order valence-electron chi connectivity index (χ0n) is 16.3. The minimum atomic E-state index is -0.187. The number of carbonyl (C=O) groups excluding carboxylic acids is 1. The highest BCUT2D eigenvalue weighted by atomic mass is 35.5. The van der Waals surface area contributed by atoms with Gasteiger partial charge in [-0.25, -0.2) is 4.98 Å². The molecule has 4 aromatic rings. The van der Waals surface area contributed by atoms with Gasteiger partial charge in [0.25, 0.3) is 0 Å². The Bertz CT molecular complexity index is 1280. The average molecular weight is 454 g/mol. The minimum absolute atomic E-state index is 0.0896. The summed E-state index contributed by atoms with van der Waals surface area (Å²) in [6, 6.07) is 18.4. The Labute approximate surface area is 188 Å². The van der Waals surface area contributed by atoms with Gasteiger partial charge in [0.1, 0.15) is 12.4 Å². The second kappa shape index (κ2) is 8.13. The highest BCUT2D eigenvalue weighted by Crippen LogP contribution is 2.34. The summed E-state index contributed by atoms with van der Waals surface area (Å²) in [5.41, 5.74) is 3.08. The van der Waals surface area contributed by atoms with Gasteiger partial charge in [-0.3, -0.25) is 4.79 Å². The smallest absolute Gasteiger partial charge is 0.244 e. The molecule has 1 aliphatic heterocycles. The Kier molecular flexibility index (Phi) is 5.18. The van der Waals surface area contributed by atoms with Crippen molar-refractivity contribution in [2.75, 3.05) is 12.1 Å². The number of para-hydroxylation sites is 2. The van der Waals surface area contributed by atoms with Crippen molar-refractivity contribution in [1.29, 1.82) is 0 Å². The van der Waals surface area contributed by atoms with Gasteiger partial charge in [0, 0.05) is 28.2 Å². The number of halogens is 2. The van der Waals surface area contributed by atoms with E-state index < -0.39 is 0 Å². The van der Waals surface area contributed by atoms with Crippen LogP contribution in [0.15, 0.2) is 60.7 Å². The molecular formula is C23H17Cl2N3O3. The second-order valence-corrected chi connectivity index (χ2v) is 7.91. The lowest BCUT2D eigenvalue weighted by Crippen LogP contribution is -2.20. The van der Waals surface area contributed by atoms with Crippen molar-refractivity contribution in [1.82, 2.24) is 9.55 Å². The summed E-state index contributed by atoms with van der Waals surface area (Å²) < 4.78 is 12.6. The molecule has 1 aliphatic rings. The Morgan fingerprint density at radius 2 is 1.77 bits per heavy atom. The van der Waals surface area contributed by atoms with Crippen molar-refractivity contribution in [3.8, 4) is 11.5 Å². The van der Waals surface area contributed by atoms with E-state index in [2.05, 4.69) is 5.32 Å². The molecule has 5 rings (SSSR count). The molecule has 0 aliphatic carbocycles. The molecule has 3 aromatic carbocycles. The molecule has 0 saturated carbocycles. The first kappa shape index (κ1) is 19.7. The average Bonchev–Trinajstić information content (AvgIpc) is 3.35. The Morgan fingerprint density at radius 3 is 2.61 bits per heavy atom. The highest BCUT2D eigenvalue weighted by molar-refractivity contribution is 6.36. The number of imidazole rings is 1. The number of fused-ring (bicyclic) bond motifs is 2. The van der Waals surface area contributed by atoms with Gasteiger partial charge in [-0.05, 0) is 42.0 Å². The van der Waals surface area contributed by atoms with Crippen LogP contribution in [0.2, 0.25) is 10.0 Å². The Balaban J connectivity index is 1.44. The number of hydrogen-bond donors (Lipinski definition) is 1. The monoisotopic (exact) mass is 453 g/mol. The molecule has 0 unspecified atom stereocenters. The van der Waals surface area contributed by atoms with Crippen LogP contribution in [0.1, 0.15) is 11.4 Å². The first-order valence-corrected chi connectivity index (χ1v) is 10.4. The molecular weight excluding hydrogens is 437 g/mol. The quantitative estimate of drug-likeness (QED) is 0.445. The normalized spacial score (nSPS) is 12.3. The molecule has 1 amide bonds. The molecule has 0 atom stereocenters. The van der Waals surface area contributed by atoms with E-state index in [1.165, 1.54) is 0 Å². The van der Waals surface area contributed by atoms with Gasteiger partial charge < -0.3 is 19.4 Å². The molecule has 31 heavy (non-hydrogen) atoms. The van der Waals surface area contributed by atoms with Crippen LogP contribution in [-0.4, -0.2) is 22.3 Å². The molecule has 1 N–H and O–H groups in total. The highest BCUT2D eigenvalue weighted by Gasteiger charge is 2.18. The SMILES string of the molecule is O=C(Cn1c(Cc2c(Cl)cccc2Cl)nc2ccccc21)Nc1ccc2c(c1)OCO2. The van der Waals surface area contributed by atoms with Crippen molar-refractivity contribution in [2.24, 2.45) is 0 Å². The molecule has 8 heteroatoms. The third-order valence-electron chi connectivity index (χ3n) is 5.09. The summed E-state index contributed by atoms with van der Waals surface area (Å²) in [5.74, 6) is 1.79. The second-order valence-electron chi connectivity index (χ2n) is 7.10. The van der Waals surface area contributed by atoms with E-state index in [-0.39, 0.29) is 19.2 Å². The van der Waals surface area contributed by atoms with Crippen LogP contribution in [0.5, 0.6) is 11.5 Å². The zero-order valence-corrected chi connectivity index (χ0v) is 17.8. The summed E-state index contributed by atoms with van der Waals surface area (Å²) in [6.45, 7) is 0.272. The van der Waals surface area contributed by atoms with Gasteiger partial charge in [-0.1, -0.05) is 41.4 Å². The summed E-state index contributed by atoms with van der Waals surface area (Å²) in [7, 11) is 0. The van der Waals surface area contributed by atoms with Crippen LogP contribution in [0.4, 0.5) is 5.69 Å². The van der Waals surface area contributed by atoms with Gasteiger partial charge >= 0.3 is 0 Å².